The first kappa shape index (κ1) is 22.5. The molecule has 0 amide bonds. The van der Waals surface area contributed by atoms with E-state index in [1.54, 1.807) is 24.5 Å². The third kappa shape index (κ3) is 7.20. The van der Waals surface area contributed by atoms with Crippen molar-refractivity contribution >= 4 is 51.8 Å². The average Bonchev–Trinajstić information content (AvgIpc) is 2.76. The third-order valence-electron chi connectivity index (χ3n) is 4.45. The predicted molar refractivity (Wildman–Crippen MR) is 131 cm³/mol. The summed E-state index contributed by atoms with van der Waals surface area (Å²) in [6.07, 6.45) is 6.96. The fraction of sp³-hybridized carbons (Fsp3) is 0.125. The molecule has 1 heterocycles. The van der Waals surface area contributed by atoms with Crippen molar-refractivity contribution in [2.45, 2.75) is 19.3 Å². The van der Waals surface area contributed by atoms with Crippen LogP contribution in [0.25, 0.3) is 5.57 Å². The van der Waals surface area contributed by atoms with E-state index in [0.717, 1.165) is 28.1 Å². The van der Waals surface area contributed by atoms with Crippen LogP contribution in [-0.2, 0) is 4.79 Å². The number of nitrogens with one attached hydrogen (secondary N) is 2. The first-order valence-electron chi connectivity index (χ1n) is 9.77. The summed E-state index contributed by atoms with van der Waals surface area (Å²) in [6.45, 7) is 0. The molecule has 0 bridgehead atoms. The number of rotatable bonds is 8. The van der Waals surface area contributed by atoms with Crippen LogP contribution in [0.3, 0.4) is 0 Å². The largest absolute Gasteiger partial charge is 0.481 e. The summed E-state index contributed by atoms with van der Waals surface area (Å²) >= 11 is 11.3. The van der Waals surface area contributed by atoms with E-state index in [-0.39, 0.29) is 6.42 Å². The highest BCUT2D eigenvalue weighted by Gasteiger charge is 2.08. The third-order valence-corrected chi connectivity index (χ3v) is 4.91. The molecule has 7 heteroatoms. The van der Waals surface area contributed by atoms with Crippen molar-refractivity contribution in [3.63, 3.8) is 0 Å². The van der Waals surface area contributed by atoms with Gasteiger partial charge in [0.25, 0.3) is 0 Å². The van der Waals surface area contributed by atoms with Gasteiger partial charge in [-0.05, 0) is 78.7 Å². The fourth-order valence-corrected chi connectivity index (χ4v) is 3.38. The average molecular weight is 452 g/mol. The molecule has 0 unspecified atom stereocenters. The maximum Gasteiger partial charge on any atom is 0.303 e. The van der Waals surface area contributed by atoms with E-state index in [2.05, 4.69) is 21.7 Å². The molecular weight excluding hydrogens is 430 g/mol. The van der Waals surface area contributed by atoms with E-state index in [4.69, 9.17) is 28.9 Å². The van der Waals surface area contributed by atoms with Gasteiger partial charge in [0.05, 0.1) is 0 Å². The minimum atomic E-state index is -0.788. The normalized spacial score (nSPS) is 11.1. The maximum atomic E-state index is 10.8. The van der Waals surface area contributed by atoms with Gasteiger partial charge >= 0.3 is 5.97 Å². The Morgan fingerprint density at radius 2 is 1.77 bits per heavy atom. The number of halogens is 1. The number of carboxylic acid groups (broad SMARTS) is 1. The fourth-order valence-electron chi connectivity index (χ4n) is 3.02. The Bertz CT molecular complexity index is 1070. The number of hydrogen-bond donors (Lipinski definition) is 3. The number of aliphatic carboxylic acids is 1. The van der Waals surface area contributed by atoms with Crippen molar-refractivity contribution < 1.29 is 9.90 Å². The molecule has 0 aliphatic rings. The Morgan fingerprint density at radius 3 is 2.48 bits per heavy atom. The van der Waals surface area contributed by atoms with Gasteiger partial charge in [0.2, 0.25) is 0 Å². The molecule has 0 saturated heterocycles. The number of allylic oxidation sites excluding steroid dienone is 1. The minimum Gasteiger partial charge on any atom is -0.481 e. The topological polar surface area (TPSA) is 74.2 Å². The number of thiocarbonyl (C=S) groups is 1. The summed E-state index contributed by atoms with van der Waals surface area (Å²) in [6, 6.07) is 19.1. The first-order chi connectivity index (χ1) is 15.0. The van der Waals surface area contributed by atoms with E-state index in [1.807, 2.05) is 48.5 Å². The molecular formula is C24H22ClN3O2S. The minimum absolute atomic E-state index is 0.142. The molecule has 0 radical (unpaired) electrons. The van der Waals surface area contributed by atoms with Crippen LogP contribution in [-0.4, -0.2) is 21.2 Å². The predicted octanol–water partition coefficient (Wildman–Crippen LogP) is 6.23. The quantitative estimate of drug-likeness (QED) is 0.278. The van der Waals surface area contributed by atoms with E-state index in [9.17, 15) is 4.79 Å². The number of aromatic nitrogens is 1. The van der Waals surface area contributed by atoms with Crippen LogP contribution in [0, 0.1) is 0 Å². The van der Waals surface area contributed by atoms with Crippen LogP contribution >= 0.6 is 23.8 Å². The van der Waals surface area contributed by atoms with Gasteiger partial charge in [0.15, 0.2) is 5.11 Å². The highest BCUT2D eigenvalue weighted by molar-refractivity contribution is 7.80. The summed E-state index contributed by atoms with van der Waals surface area (Å²) in [4.78, 5) is 15.0. The second-order valence-electron chi connectivity index (χ2n) is 6.81. The van der Waals surface area contributed by atoms with E-state index in [0.29, 0.717) is 23.0 Å². The van der Waals surface area contributed by atoms with Crippen molar-refractivity contribution in [3.8, 4) is 0 Å². The van der Waals surface area contributed by atoms with Crippen LogP contribution in [0.15, 0.2) is 79.1 Å². The molecule has 1 aromatic heterocycles. The molecule has 158 valence electrons. The lowest BCUT2D eigenvalue weighted by Crippen LogP contribution is -2.19. The zero-order valence-electron chi connectivity index (χ0n) is 16.7. The molecule has 5 nitrogen and oxygen atoms in total. The molecule has 0 fully saturated rings. The van der Waals surface area contributed by atoms with Gasteiger partial charge in [-0.1, -0.05) is 35.9 Å². The second kappa shape index (κ2) is 11.2. The summed E-state index contributed by atoms with van der Waals surface area (Å²) in [5.74, 6) is -0.788. The van der Waals surface area contributed by atoms with Crippen molar-refractivity contribution in [1.29, 1.82) is 0 Å². The number of carboxylic acids is 1. The van der Waals surface area contributed by atoms with Gasteiger partial charge in [-0.15, -0.1) is 0 Å². The number of nitrogens with zero attached hydrogens (tertiary/aromatic N) is 1. The van der Waals surface area contributed by atoms with Crippen LogP contribution in [0.5, 0.6) is 0 Å². The lowest BCUT2D eigenvalue weighted by atomic mass is 9.97. The van der Waals surface area contributed by atoms with Crippen molar-refractivity contribution in [1.82, 2.24) is 4.98 Å². The Balaban J connectivity index is 1.76. The molecule has 3 N–H and O–H groups in total. The number of benzene rings is 2. The summed E-state index contributed by atoms with van der Waals surface area (Å²) in [5.41, 5.74) is 4.63. The maximum absolute atomic E-state index is 10.8. The Morgan fingerprint density at radius 1 is 1.03 bits per heavy atom. The zero-order chi connectivity index (χ0) is 22.1. The summed E-state index contributed by atoms with van der Waals surface area (Å²) in [7, 11) is 0. The van der Waals surface area contributed by atoms with Gasteiger partial charge in [0.1, 0.15) is 0 Å². The highest BCUT2D eigenvalue weighted by Crippen LogP contribution is 2.26. The van der Waals surface area contributed by atoms with Crippen molar-refractivity contribution in [2.24, 2.45) is 0 Å². The van der Waals surface area contributed by atoms with Crippen molar-refractivity contribution in [2.75, 3.05) is 10.6 Å². The lowest BCUT2D eigenvalue weighted by molar-refractivity contribution is -0.137. The SMILES string of the molecule is O=C(O)CCC/C=C(\c1cccnc1)c1cccc(NC(=S)Nc2ccc(Cl)cc2)c1. The molecule has 0 spiro atoms. The second-order valence-corrected chi connectivity index (χ2v) is 7.66. The molecule has 31 heavy (non-hydrogen) atoms. The smallest absolute Gasteiger partial charge is 0.303 e. The van der Waals surface area contributed by atoms with Gasteiger partial charge < -0.3 is 15.7 Å². The zero-order valence-corrected chi connectivity index (χ0v) is 18.3. The Kier molecular flexibility index (Phi) is 8.15. The molecule has 3 rings (SSSR count). The Labute approximate surface area is 191 Å². The van der Waals surface area contributed by atoms with Crippen LogP contribution in [0.1, 0.15) is 30.4 Å². The number of carbonyl (C=O) groups is 1. The standard InChI is InChI=1S/C24H22ClN3O2S/c25-19-10-12-20(13-11-19)27-24(31)28-21-7-3-5-17(15-21)22(8-1-2-9-23(29)30)18-6-4-14-26-16-18/h3-8,10-16H,1-2,9H2,(H,29,30)(H2,27,28,31)/b22-8-. The Hall–Kier alpha value is -3.22. The summed E-state index contributed by atoms with van der Waals surface area (Å²) in [5, 5.41) is 16.3. The van der Waals surface area contributed by atoms with Crippen LogP contribution < -0.4 is 10.6 Å². The first-order valence-corrected chi connectivity index (χ1v) is 10.6. The molecule has 0 aliphatic heterocycles. The molecule has 0 saturated carbocycles. The molecule has 0 aliphatic carbocycles. The van der Waals surface area contributed by atoms with E-state index in [1.165, 1.54) is 0 Å². The molecule has 0 atom stereocenters. The van der Waals surface area contributed by atoms with Gasteiger partial charge in [-0.2, -0.15) is 0 Å². The van der Waals surface area contributed by atoms with E-state index < -0.39 is 5.97 Å². The number of anilines is 2. The number of pyridine rings is 1. The number of hydrogen-bond acceptors (Lipinski definition) is 3. The van der Waals surface area contributed by atoms with Crippen LogP contribution in [0.4, 0.5) is 11.4 Å². The highest BCUT2D eigenvalue weighted by atomic mass is 35.5. The molecule has 2 aromatic carbocycles. The molecule has 3 aromatic rings. The van der Waals surface area contributed by atoms with Crippen molar-refractivity contribution in [3.05, 3.63) is 95.3 Å². The lowest BCUT2D eigenvalue weighted by Gasteiger charge is -2.13. The van der Waals surface area contributed by atoms with E-state index >= 15 is 0 Å². The van der Waals surface area contributed by atoms with Crippen LogP contribution in [0.2, 0.25) is 5.02 Å². The van der Waals surface area contributed by atoms with Gasteiger partial charge in [-0.25, -0.2) is 0 Å². The monoisotopic (exact) mass is 451 g/mol. The summed E-state index contributed by atoms with van der Waals surface area (Å²) < 4.78 is 0. The number of unbranched alkanes of at least 4 members (excludes halogenated alkanes) is 1. The van der Waals surface area contributed by atoms with Gasteiger partial charge in [-0.3, -0.25) is 9.78 Å². The van der Waals surface area contributed by atoms with Gasteiger partial charge in [0, 0.05) is 40.8 Å².